The summed E-state index contributed by atoms with van der Waals surface area (Å²) in [6.07, 6.45) is 8.13. The van der Waals surface area contributed by atoms with Gasteiger partial charge in [0, 0.05) is 23.1 Å². The zero-order chi connectivity index (χ0) is 15.1. The summed E-state index contributed by atoms with van der Waals surface area (Å²) < 4.78 is 0. The Morgan fingerprint density at radius 1 is 1.24 bits per heavy atom. The zero-order valence-electron chi connectivity index (χ0n) is 12.5. The lowest BCUT2D eigenvalue weighted by Crippen LogP contribution is -2.11. The van der Waals surface area contributed by atoms with E-state index in [2.05, 4.69) is 29.4 Å². The zero-order valence-corrected chi connectivity index (χ0v) is 12.5. The average molecular weight is 280 g/mol. The highest BCUT2D eigenvalue weighted by molar-refractivity contribution is 6.04. The van der Waals surface area contributed by atoms with E-state index >= 15 is 0 Å². The van der Waals surface area contributed by atoms with Crippen LogP contribution < -0.4 is 5.32 Å². The number of allylic oxidation sites excluding steroid dienone is 1. The van der Waals surface area contributed by atoms with Crippen molar-refractivity contribution in [1.29, 1.82) is 0 Å². The number of carbonyl (C=O) groups excluding carboxylic acids is 1. The molecule has 1 aromatic heterocycles. The van der Waals surface area contributed by atoms with Crippen molar-refractivity contribution in [1.82, 2.24) is 4.98 Å². The van der Waals surface area contributed by atoms with Gasteiger partial charge in [0.2, 0.25) is 0 Å². The third kappa shape index (κ3) is 4.56. The number of nitrogens with zero attached hydrogens (tertiary/aromatic N) is 1. The maximum absolute atomic E-state index is 12.1. The fourth-order valence-electron chi connectivity index (χ4n) is 1.96. The van der Waals surface area contributed by atoms with Crippen molar-refractivity contribution in [2.75, 3.05) is 5.32 Å². The summed E-state index contributed by atoms with van der Waals surface area (Å²) in [7, 11) is 0. The van der Waals surface area contributed by atoms with Gasteiger partial charge in [0.25, 0.3) is 5.91 Å². The Kier molecular flexibility index (Phi) is 5.27. The van der Waals surface area contributed by atoms with Gasteiger partial charge in [-0.2, -0.15) is 0 Å². The van der Waals surface area contributed by atoms with Crippen molar-refractivity contribution in [2.24, 2.45) is 0 Å². The second-order valence-corrected chi connectivity index (χ2v) is 4.95. The lowest BCUT2D eigenvalue weighted by molar-refractivity contribution is 0.102. The highest BCUT2D eigenvalue weighted by atomic mass is 16.1. The van der Waals surface area contributed by atoms with Gasteiger partial charge in [-0.15, -0.1) is 0 Å². The molecule has 0 fully saturated rings. The first-order valence-electron chi connectivity index (χ1n) is 7.19. The van der Waals surface area contributed by atoms with Crippen LogP contribution in [0.5, 0.6) is 0 Å². The lowest BCUT2D eigenvalue weighted by atomic mass is 10.1. The summed E-state index contributed by atoms with van der Waals surface area (Å²) >= 11 is 0. The van der Waals surface area contributed by atoms with E-state index in [1.807, 2.05) is 37.3 Å². The molecule has 0 bridgehead atoms. The van der Waals surface area contributed by atoms with Crippen LogP contribution in [0.4, 0.5) is 5.69 Å². The summed E-state index contributed by atoms with van der Waals surface area (Å²) in [5.41, 5.74) is 3.40. The Labute approximate surface area is 125 Å². The number of aryl methyl sites for hydroxylation is 1. The van der Waals surface area contributed by atoms with Crippen molar-refractivity contribution in [3.63, 3.8) is 0 Å². The number of amides is 1. The average Bonchev–Trinajstić information content (AvgIpc) is 2.48. The van der Waals surface area contributed by atoms with Gasteiger partial charge in [0.05, 0.1) is 0 Å². The molecule has 0 spiro atoms. The fourth-order valence-corrected chi connectivity index (χ4v) is 1.96. The summed E-state index contributed by atoms with van der Waals surface area (Å²) in [6.45, 7) is 4.05. The van der Waals surface area contributed by atoms with Crippen LogP contribution >= 0.6 is 0 Å². The molecule has 21 heavy (non-hydrogen) atoms. The number of rotatable bonds is 5. The van der Waals surface area contributed by atoms with Crippen LogP contribution in [-0.4, -0.2) is 10.9 Å². The van der Waals surface area contributed by atoms with E-state index in [0.717, 1.165) is 29.8 Å². The molecule has 0 radical (unpaired) electrons. The van der Waals surface area contributed by atoms with Gasteiger partial charge in [-0.1, -0.05) is 37.6 Å². The van der Waals surface area contributed by atoms with Crippen LogP contribution in [0.1, 0.15) is 41.4 Å². The van der Waals surface area contributed by atoms with Crippen LogP contribution in [0.2, 0.25) is 0 Å². The summed E-state index contributed by atoms with van der Waals surface area (Å²) in [5, 5.41) is 2.87. The molecule has 0 aliphatic carbocycles. The Balaban J connectivity index is 2.03. The standard InChI is InChI=1S/C18H20N2O/c1-3-4-5-6-15-7-9-16(10-8-15)18(21)20-17-11-12-19-14(2)13-17/h5-13H,3-4H2,1-2H3,(H,19,20,21)/b6-5+. The minimum absolute atomic E-state index is 0.107. The molecule has 0 aliphatic rings. The first-order chi connectivity index (χ1) is 10.2. The molecule has 1 aromatic carbocycles. The molecule has 0 aliphatic heterocycles. The molecule has 0 unspecified atom stereocenters. The first-order valence-corrected chi connectivity index (χ1v) is 7.19. The second-order valence-electron chi connectivity index (χ2n) is 4.95. The predicted octanol–water partition coefficient (Wildman–Crippen LogP) is 4.46. The molecule has 3 nitrogen and oxygen atoms in total. The minimum atomic E-state index is -0.107. The quantitative estimate of drug-likeness (QED) is 0.878. The molecular formula is C18H20N2O. The van der Waals surface area contributed by atoms with Gasteiger partial charge in [0.1, 0.15) is 0 Å². The van der Waals surface area contributed by atoms with E-state index in [9.17, 15) is 4.79 Å². The van der Waals surface area contributed by atoms with Gasteiger partial charge < -0.3 is 5.32 Å². The van der Waals surface area contributed by atoms with Crippen molar-refractivity contribution in [2.45, 2.75) is 26.7 Å². The van der Waals surface area contributed by atoms with E-state index in [4.69, 9.17) is 0 Å². The number of nitrogens with one attached hydrogen (secondary N) is 1. The van der Waals surface area contributed by atoms with E-state index in [1.54, 1.807) is 12.3 Å². The topological polar surface area (TPSA) is 42.0 Å². The van der Waals surface area contributed by atoms with E-state index in [-0.39, 0.29) is 5.91 Å². The first kappa shape index (κ1) is 15.0. The Hall–Kier alpha value is -2.42. The third-order valence-electron chi connectivity index (χ3n) is 3.09. The van der Waals surface area contributed by atoms with Crippen molar-refractivity contribution in [3.8, 4) is 0 Å². The van der Waals surface area contributed by atoms with Gasteiger partial charge >= 0.3 is 0 Å². The summed E-state index contributed by atoms with van der Waals surface area (Å²) in [5.74, 6) is -0.107. The van der Waals surface area contributed by atoms with Gasteiger partial charge in [-0.05, 0) is 43.2 Å². The number of benzene rings is 1. The number of hydrogen-bond donors (Lipinski definition) is 1. The van der Waals surface area contributed by atoms with Crippen molar-refractivity contribution < 1.29 is 4.79 Å². The number of unbranched alkanes of at least 4 members (excludes halogenated alkanes) is 1. The Morgan fingerprint density at radius 3 is 2.67 bits per heavy atom. The van der Waals surface area contributed by atoms with E-state index < -0.39 is 0 Å². The monoisotopic (exact) mass is 280 g/mol. The maximum Gasteiger partial charge on any atom is 0.255 e. The van der Waals surface area contributed by atoms with Crippen LogP contribution in [0.15, 0.2) is 48.7 Å². The van der Waals surface area contributed by atoms with E-state index in [1.165, 1.54) is 0 Å². The number of hydrogen-bond acceptors (Lipinski definition) is 2. The number of aromatic nitrogens is 1. The number of carbonyl (C=O) groups is 1. The highest BCUT2D eigenvalue weighted by Gasteiger charge is 2.05. The van der Waals surface area contributed by atoms with Crippen molar-refractivity contribution in [3.05, 3.63) is 65.5 Å². The molecule has 2 rings (SSSR count). The van der Waals surface area contributed by atoms with Crippen molar-refractivity contribution >= 4 is 17.7 Å². The number of pyridine rings is 1. The van der Waals surface area contributed by atoms with E-state index in [0.29, 0.717) is 5.56 Å². The molecule has 2 aromatic rings. The molecule has 0 saturated carbocycles. The maximum atomic E-state index is 12.1. The molecule has 1 N–H and O–H groups in total. The van der Waals surface area contributed by atoms with Gasteiger partial charge in [-0.25, -0.2) is 0 Å². The number of anilines is 1. The Bertz CT molecular complexity index is 630. The van der Waals surface area contributed by atoms with Gasteiger partial charge in [-0.3, -0.25) is 9.78 Å². The van der Waals surface area contributed by atoms with Gasteiger partial charge in [0.15, 0.2) is 0 Å². The molecule has 1 amide bonds. The highest BCUT2D eigenvalue weighted by Crippen LogP contribution is 2.11. The molecule has 3 heteroatoms. The molecule has 1 heterocycles. The van der Waals surface area contributed by atoms with Crippen LogP contribution in [0.25, 0.3) is 6.08 Å². The summed E-state index contributed by atoms with van der Waals surface area (Å²) in [6, 6.07) is 11.2. The van der Waals surface area contributed by atoms with Crippen LogP contribution in [-0.2, 0) is 0 Å². The third-order valence-corrected chi connectivity index (χ3v) is 3.09. The fraction of sp³-hybridized carbons (Fsp3) is 0.222. The Morgan fingerprint density at radius 2 is 2.00 bits per heavy atom. The predicted molar refractivity (Wildman–Crippen MR) is 87.3 cm³/mol. The smallest absolute Gasteiger partial charge is 0.255 e. The SMILES string of the molecule is CCC/C=C/c1ccc(C(=O)Nc2ccnc(C)c2)cc1. The minimum Gasteiger partial charge on any atom is -0.322 e. The molecular weight excluding hydrogens is 260 g/mol. The second kappa shape index (κ2) is 7.39. The molecule has 0 saturated heterocycles. The van der Waals surface area contributed by atoms with Crippen LogP contribution in [0, 0.1) is 6.92 Å². The van der Waals surface area contributed by atoms with Crippen LogP contribution in [0.3, 0.4) is 0 Å². The summed E-state index contributed by atoms with van der Waals surface area (Å²) in [4.78, 5) is 16.3. The lowest BCUT2D eigenvalue weighted by Gasteiger charge is -2.06. The largest absolute Gasteiger partial charge is 0.322 e. The molecule has 0 atom stereocenters. The molecule has 108 valence electrons. The normalized spacial score (nSPS) is 10.8.